The first-order valence-corrected chi connectivity index (χ1v) is 7.36. The van der Waals surface area contributed by atoms with Crippen LogP contribution in [-0.2, 0) is 4.79 Å². The Labute approximate surface area is 128 Å². The molecule has 0 unspecified atom stereocenters. The molecule has 22 heavy (non-hydrogen) atoms. The van der Waals surface area contributed by atoms with E-state index in [1.807, 2.05) is 0 Å². The average molecular weight is 308 g/mol. The van der Waals surface area contributed by atoms with Crippen molar-refractivity contribution in [1.29, 1.82) is 0 Å². The van der Waals surface area contributed by atoms with E-state index in [4.69, 9.17) is 5.11 Å². The van der Waals surface area contributed by atoms with E-state index in [0.717, 1.165) is 45.0 Å². The summed E-state index contributed by atoms with van der Waals surface area (Å²) in [7, 11) is 0. The zero-order valence-corrected chi connectivity index (χ0v) is 12.3. The molecule has 8 nitrogen and oxygen atoms in total. The average Bonchev–Trinajstić information content (AvgIpc) is 2.52. The van der Waals surface area contributed by atoms with Gasteiger partial charge in [0.15, 0.2) is 0 Å². The molecule has 1 aliphatic heterocycles. The van der Waals surface area contributed by atoms with Crippen LogP contribution >= 0.6 is 0 Å². The number of carboxylic acid groups (broad SMARTS) is 1. The molecule has 1 aliphatic rings. The first kappa shape index (κ1) is 16.2. The normalized spacial score (nSPS) is 15.7. The molecule has 1 N–H and O–H groups in total. The molecule has 1 saturated heterocycles. The summed E-state index contributed by atoms with van der Waals surface area (Å²) < 4.78 is 0. The van der Waals surface area contributed by atoms with E-state index in [2.05, 4.69) is 14.8 Å². The van der Waals surface area contributed by atoms with Gasteiger partial charge in [0.25, 0.3) is 5.69 Å². The molecule has 120 valence electrons. The quantitative estimate of drug-likeness (QED) is 0.461. The third-order valence-corrected chi connectivity index (χ3v) is 3.75. The lowest BCUT2D eigenvalue weighted by Gasteiger charge is -2.35. The monoisotopic (exact) mass is 308 g/mol. The van der Waals surface area contributed by atoms with Crippen molar-refractivity contribution in [2.24, 2.45) is 0 Å². The number of hydrogen-bond donors (Lipinski definition) is 1. The predicted octanol–water partition coefficient (Wildman–Crippen LogP) is 1.37. The van der Waals surface area contributed by atoms with Gasteiger partial charge in [-0.15, -0.1) is 0 Å². The fraction of sp³-hybridized carbons (Fsp3) is 0.571. The van der Waals surface area contributed by atoms with Crippen LogP contribution < -0.4 is 4.90 Å². The lowest BCUT2D eigenvalue weighted by atomic mass is 10.2. The molecule has 0 spiro atoms. The van der Waals surface area contributed by atoms with E-state index in [1.165, 1.54) is 12.3 Å². The number of nitrogens with zero attached hydrogens (tertiary/aromatic N) is 4. The summed E-state index contributed by atoms with van der Waals surface area (Å²) in [5.41, 5.74) is 0.000756. The van der Waals surface area contributed by atoms with Crippen LogP contribution in [0, 0.1) is 10.1 Å². The summed E-state index contributed by atoms with van der Waals surface area (Å²) in [5.74, 6) is 0.0187. The lowest BCUT2D eigenvalue weighted by molar-refractivity contribution is -0.385. The van der Waals surface area contributed by atoms with Crippen LogP contribution in [0.2, 0.25) is 0 Å². The molecule has 0 radical (unpaired) electrons. The van der Waals surface area contributed by atoms with Crippen molar-refractivity contribution in [3.8, 4) is 0 Å². The van der Waals surface area contributed by atoms with Crippen molar-refractivity contribution >= 4 is 17.5 Å². The molecule has 1 aromatic rings. The van der Waals surface area contributed by atoms with E-state index in [-0.39, 0.29) is 12.1 Å². The minimum Gasteiger partial charge on any atom is -0.481 e. The van der Waals surface area contributed by atoms with Crippen molar-refractivity contribution < 1.29 is 14.8 Å². The second-order valence-electron chi connectivity index (χ2n) is 5.31. The summed E-state index contributed by atoms with van der Waals surface area (Å²) in [6.07, 6.45) is 3.11. The highest BCUT2D eigenvalue weighted by Crippen LogP contribution is 2.17. The number of rotatable bonds is 7. The number of pyridine rings is 1. The Bertz CT molecular complexity index is 512. The molecule has 1 fully saturated rings. The van der Waals surface area contributed by atoms with Crippen molar-refractivity contribution in [3.63, 3.8) is 0 Å². The van der Waals surface area contributed by atoms with Crippen LogP contribution in [0.5, 0.6) is 0 Å². The molecule has 0 saturated carbocycles. The molecule has 0 atom stereocenters. The van der Waals surface area contributed by atoms with E-state index in [1.54, 1.807) is 6.07 Å². The molecular formula is C14H20N4O4. The Balaban J connectivity index is 1.74. The number of anilines is 1. The van der Waals surface area contributed by atoms with E-state index < -0.39 is 10.9 Å². The number of aromatic nitrogens is 1. The number of aliphatic carboxylic acids is 1. The van der Waals surface area contributed by atoms with E-state index in [0.29, 0.717) is 6.42 Å². The van der Waals surface area contributed by atoms with Gasteiger partial charge in [0, 0.05) is 38.7 Å². The highest BCUT2D eigenvalue weighted by Gasteiger charge is 2.18. The zero-order chi connectivity index (χ0) is 15.9. The standard InChI is InChI=1S/C14H20N4O4/c19-14(20)3-1-2-6-16-7-9-17(10-8-16)13-5-4-12(11-15-13)18(21)22/h4-5,11H,1-3,6-10H2,(H,19,20). The number of hydrogen-bond acceptors (Lipinski definition) is 6. The smallest absolute Gasteiger partial charge is 0.303 e. The molecular weight excluding hydrogens is 288 g/mol. The molecule has 2 heterocycles. The van der Waals surface area contributed by atoms with Crippen molar-refractivity contribution in [1.82, 2.24) is 9.88 Å². The topological polar surface area (TPSA) is 99.8 Å². The third kappa shape index (κ3) is 4.66. The first-order chi connectivity index (χ1) is 10.6. The molecule has 1 aromatic heterocycles. The summed E-state index contributed by atoms with van der Waals surface area (Å²) in [4.78, 5) is 29.2. The number of carbonyl (C=O) groups is 1. The number of carboxylic acids is 1. The molecule has 0 bridgehead atoms. The Morgan fingerprint density at radius 1 is 1.27 bits per heavy atom. The van der Waals surface area contributed by atoms with Gasteiger partial charge in [-0.2, -0.15) is 0 Å². The highest BCUT2D eigenvalue weighted by molar-refractivity contribution is 5.66. The van der Waals surface area contributed by atoms with Crippen molar-refractivity contribution in [2.45, 2.75) is 19.3 Å². The van der Waals surface area contributed by atoms with Gasteiger partial charge in [-0.05, 0) is 25.5 Å². The van der Waals surface area contributed by atoms with Crippen LogP contribution in [-0.4, -0.2) is 58.6 Å². The van der Waals surface area contributed by atoms with Gasteiger partial charge in [0.1, 0.15) is 12.0 Å². The van der Waals surface area contributed by atoms with Gasteiger partial charge in [-0.3, -0.25) is 19.8 Å². The third-order valence-electron chi connectivity index (χ3n) is 3.75. The number of unbranched alkanes of at least 4 members (excludes halogenated alkanes) is 1. The van der Waals surface area contributed by atoms with Crippen LogP contribution in [0.3, 0.4) is 0 Å². The van der Waals surface area contributed by atoms with Crippen LogP contribution in [0.15, 0.2) is 18.3 Å². The fourth-order valence-electron chi connectivity index (χ4n) is 2.49. The summed E-state index contributed by atoms with van der Waals surface area (Å²) in [6.45, 7) is 4.35. The minimum absolute atomic E-state index is 0.000756. The Morgan fingerprint density at radius 2 is 2.00 bits per heavy atom. The van der Waals surface area contributed by atoms with E-state index in [9.17, 15) is 14.9 Å². The van der Waals surface area contributed by atoms with Gasteiger partial charge < -0.3 is 10.0 Å². The second-order valence-corrected chi connectivity index (χ2v) is 5.31. The van der Waals surface area contributed by atoms with Crippen LogP contribution in [0.4, 0.5) is 11.5 Å². The maximum Gasteiger partial charge on any atom is 0.303 e. The predicted molar refractivity (Wildman–Crippen MR) is 81.0 cm³/mol. The largest absolute Gasteiger partial charge is 0.481 e. The molecule has 8 heteroatoms. The minimum atomic E-state index is -0.742. The Morgan fingerprint density at radius 3 is 2.55 bits per heavy atom. The highest BCUT2D eigenvalue weighted by atomic mass is 16.6. The number of nitro groups is 1. The lowest BCUT2D eigenvalue weighted by Crippen LogP contribution is -2.46. The zero-order valence-electron chi connectivity index (χ0n) is 12.3. The van der Waals surface area contributed by atoms with E-state index >= 15 is 0 Å². The first-order valence-electron chi connectivity index (χ1n) is 7.36. The van der Waals surface area contributed by atoms with Crippen molar-refractivity contribution in [2.75, 3.05) is 37.6 Å². The summed E-state index contributed by atoms with van der Waals surface area (Å²) in [6, 6.07) is 3.15. The van der Waals surface area contributed by atoms with Gasteiger partial charge in [-0.25, -0.2) is 4.98 Å². The van der Waals surface area contributed by atoms with Crippen LogP contribution in [0.1, 0.15) is 19.3 Å². The SMILES string of the molecule is O=C(O)CCCCN1CCN(c2ccc([N+](=O)[O-])cn2)CC1. The molecule has 0 aliphatic carbocycles. The van der Waals surface area contributed by atoms with Crippen molar-refractivity contribution in [3.05, 3.63) is 28.4 Å². The maximum atomic E-state index is 10.6. The Hall–Kier alpha value is -2.22. The van der Waals surface area contributed by atoms with Gasteiger partial charge in [0.2, 0.25) is 0 Å². The summed E-state index contributed by atoms with van der Waals surface area (Å²) >= 11 is 0. The molecule has 2 rings (SSSR count). The van der Waals surface area contributed by atoms with Gasteiger partial charge >= 0.3 is 5.97 Å². The fourth-order valence-corrected chi connectivity index (χ4v) is 2.49. The van der Waals surface area contributed by atoms with Gasteiger partial charge in [0.05, 0.1) is 4.92 Å². The van der Waals surface area contributed by atoms with Crippen LogP contribution in [0.25, 0.3) is 0 Å². The Kier molecular flexibility index (Phi) is 5.65. The summed E-state index contributed by atoms with van der Waals surface area (Å²) in [5, 5.41) is 19.2. The van der Waals surface area contributed by atoms with Gasteiger partial charge in [-0.1, -0.05) is 0 Å². The second kappa shape index (κ2) is 7.69. The maximum absolute atomic E-state index is 10.6. The number of piperazine rings is 1. The molecule has 0 amide bonds. The molecule has 0 aromatic carbocycles.